The van der Waals surface area contributed by atoms with E-state index in [0.29, 0.717) is 0 Å². The van der Waals surface area contributed by atoms with Crippen molar-refractivity contribution in [2.45, 2.75) is 58.2 Å². The Morgan fingerprint density at radius 1 is 0.703 bits per heavy atom. The van der Waals surface area contributed by atoms with E-state index in [9.17, 15) is 0 Å². The van der Waals surface area contributed by atoms with Gasteiger partial charge in [-0.2, -0.15) is 0 Å². The first-order valence-electron chi connectivity index (χ1n) is 13.3. The zero-order valence-electron chi connectivity index (χ0n) is 22.3. The lowest BCUT2D eigenvalue weighted by Crippen LogP contribution is -2.41. The van der Waals surface area contributed by atoms with Crippen LogP contribution in [0.5, 0.6) is 0 Å². The maximum absolute atomic E-state index is 6.43. The van der Waals surface area contributed by atoms with Gasteiger partial charge in [-0.15, -0.1) is 0 Å². The van der Waals surface area contributed by atoms with E-state index in [2.05, 4.69) is 119 Å². The van der Waals surface area contributed by atoms with E-state index in [0.717, 1.165) is 5.46 Å². The fraction of sp³-hybridized carbons (Fsp3) is 0.273. The molecule has 0 amide bonds. The highest BCUT2D eigenvalue weighted by Gasteiger charge is 2.52. The Hall–Kier alpha value is -3.34. The van der Waals surface area contributed by atoms with Gasteiger partial charge >= 0.3 is 7.12 Å². The Morgan fingerprint density at radius 2 is 1.38 bits per heavy atom. The normalized spacial score (nSPS) is 19.5. The quantitative estimate of drug-likeness (QED) is 0.227. The number of benzene rings is 4. The van der Waals surface area contributed by atoms with Gasteiger partial charge in [-0.3, -0.25) is 0 Å². The SMILES string of the molecule is CC1(C)c2cc(B3OC(C)(C)C(C)(C)O3)ccc2-c2c1n1c3ccccc3c3c4ccccc4cc2c31. The van der Waals surface area contributed by atoms with E-state index < -0.39 is 0 Å². The maximum Gasteiger partial charge on any atom is 0.494 e. The van der Waals surface area contributed by atoms with Gasteiger partial charge in [0.2, 0.25) is 0 Å². The average Bonchev–Trinajstić information content (AvgIpc) is 3.51. The maximum atomic E-state index is 6.43. The van der Waals surface area contributed by atoms with E-state index in [1.165, 1.54) is 60.3 Å². The molecule has 4 aromatic carbocycles. The molecular formula is C33H30BNO2. The number of aromatic nitrogens is 1. The Balaban J connectivity index is 1.44. The molecule has 0 N–H and O–H groups in total. The highest BCUT2D eigenvalue weighted by molar-refractivity contribution is 6.62. The van der Waals surface area contributed by atoms with Crippen LogP contribution in [-0.4, -0.2) is 22.7 Å². The van der Waals surface area contributed by atoms with Crippen molar-refractivity contribution in [2.75, 3.05) is 0 Å². The Kier molecular flexibility index (Phi) is 3.85. The summed E-state index contributed by atoms with van der Waals surface area (Å²) in [5.74, 6) is 0. The smallest absolute Gasteiger partial charge is 0.399 e. The van der Waals surface area contributed by atoms with Gasteiger partial charge in [0.25, 0.3) is 0 Å². The molecule has 0 atom stereocenters. The lowest BCUT2D eigenvalue weighted by molar-refractivity contribution is 0.00578. The minimum absolute atomic E-state index is 0.176. The standard InChI is InChI=1S/C33H30BNO2/c1-31(2)25-18-20(34-36-32(3,4)33(5,6)37-34)15-16-22(25)28-24-17-19-11-7-8-12-21(19)27-23-13-9-10-14-26(23)35(29(24)27)30(28)31/h7-18H,1-6H3. The van der Waals surface area contributed by atoms with Crippen LogP contribution in [0, 0.1) is 0 Å². The van der Waals surface area contributed by atoms with Crippen LogP contribution in [0.1, 0.15) is 52.8 Å². The summed E-state index contributed by atoms with van der Waals surface area (Å²) in [6.07, 6.45) is 0. The topological polar surface area (TPSA) is 22.9 Å². The first-order valence-corrected chi connectivity index (χ1v) is 13.3. The fourth-order valence-electron chi connectivity index (χ4n) is 6.92. The molecule has 1 saturated heterocycles. The van der Waals surface area contributed by atoms with Crippen LogP contribution in [0.4, 0.5) is 0 Å². The second kappa shape index (κ2) is 6.56. The molecule has 3 nitrogen and oxygen atoms in total. The van der Waals surface area contributed by atoms with Gasteiger partial charge in [0.15, 0.2) is 0 Å². The van der Waals surface area contributed by atoms with E-state index in [1.807, 2.05) is 0 Å². The van der Waals surface area contributed by atoms with E-state index in [4.69, 9.17) is 9.31 Å². The summed E-state index contributed by atoms with van der Waals surface area (Å²) in [5, 5.41) is 6.65. The third kappa shape index (κ3) is 2.51. The van der Waals surface area contributed by atoms with Gasteiger partial charge in [0.05, 0.1) is 22.2 Å². The Labute approximate surface area is 217 Å². The zero-order chi connectivity index (χ0) is 25.5. The van der Waals surface area contributed by atoms with Gasteiger partial charge in [-0.1, -0.05) is 74.5 Å². The average molecular weight is 483 g/mol. The van der Waals surface area contributed by atoms with Crippen molar-refractivity contribution in [3.05, 3.63) is 84.1 Å². The predicted molar refractivity (Wildman–Crippen MR) is 154 cm³/mol. The molecule has 8 rings (SSSR count). The zero-order valence-corrected chi connectivity index (χ0v) is 22.3. The van der Waals surface area contributed by atoms with Crippen molar-refractivity contribution >= 4 is 50.5 Å². The predicted octanol–water partition coefficient (Wildman–Crippen LogP) is 7.44. The molecule has 0 bridgehead atoms. The Bertz CT molecular complexity index is 1910. The third-order valence-corrected chi connectivity index (χ3v) is 9.49. The Morgan fingerprint density at radius 3 is 2.14 bits per heavy atom. The van der Waals surface area contributed by atoms with Crippen LogP contribution in [0.2, 0.25) is 0 Å². The van der Waals surface area contributed by atoms with Crippen molar-refractivity contribution < 1.29 is 9.31 Å². The molecule has 2 aliphatic rings. The van der Waals surface area contributed by atoms with Crippen molar-refractivity contribution in [1.29, 1.82) is 0 Å². The first kappa shape index (κ1) is 21.7. The van der Waals surface area contributed by atoms with Gasteiger partial charge < -0.3 is 13.7 Å². The minimum Gasteiger partial charge on any atom is -0.399 e. The monoisotopic (exact) mass is 483 g/mol. The van der Waals surface area contributed by atoms with Gasteiger partial charge in [-0.25, -0.2) is 0 Å². The lowest BCUT2D eigenvalue weighted by atomic mass is 9.75. The van der Waals surface area contributed by atoms with Crippen LogP contribution in [0.3, 0.4) is 0 Å². The summed E-state index contributed by atoms with van der Waals surface area (Å²) in [5.41, 5.74) is 8.24. The van der Waals surface area contributed by atoms with Gasteiger partial charge in [-0.05, 0) is 67.2 Å². The number of hydrogen-bond donors (Lipinski definition) is 0. The molecule has 0 radical (unpaired) electrons. The van der Waals surface area contributed by atoms with Gasteiger partial charge in [0.1, 0.15) is 0 Å². The molecule has 2 aromatic heterocycles. The highest BCUT2D eigenvalue weighted by Crippen LogP contribution is 2.55. The van der Waals surface area contributed by atoms with Crippen molar-refractivity contribution in [3.8, 4) is 11.1 Å². The van der Waals surface area contributed by atoms with Crippen molar-refractivity contribution in [2.24, 2.45) is 0 Å². The van der Waals surface area contributed by atoms with E-state index in [-0.39, 0.29) is 23.7 Å². The molecule has 0 unspecified atom stereocenters. The van der Waals surface area contributed by atoms with Crippen LogP contribution in [0.25, 0.3) is 49.1 Å². The number of fused-ring (bicyclic) bond motifs is 10. The fourth-order valence-corrected chi connectivity index (χ4v) is 6.92. The molecule has 4 heteroatoms. The van der Waals surface area contributed by atoms with Crippen LogP contribution >= 0.6 is 0 Å². The van der Waals surface area contributed by atoms with Crippen LogP contribution < -0.4 is 5.46 Å². The molecule has 1 fully saturated rings. The highest BCUT2D eigenvalue weighted by atomic mass is 16.7. The molecule has 1 aliphatic heterocycles. The second-order valence-electron chi connectivity index (χ2n) is 12.5. The molecule has 6 aromatic rings. The van der Waals surface area contributed by atoms with Crippen molar-refractivity contribution in [1.82, 2.24) is 4.40 Å². The van der Waals surface area contributed by atoms with Crippen molar-refractivity contribution in [3.63, 3.8) is 0 Å². The summed E-state index contributed by atoms with van der Waals surface area (Å²) in [4.78, 5) is 0. The van der Waals surface area contributed by atoms with E-state index in [1.54, 1.807) is 0 Å². The summed E-state index contributed by atoms with van der Waals surface area (Å²) in [7, 11) is -0.364. The molecule has 3 heterocycles. The number of nitrogens with zero attached hydrogens (tertiary/aromatic N) is 1. The first-order chi connectivity index (χ1) is 17.6. The molecule has 0 spiro atoms. The number of para-hydroxylation sites is 1. The summed E-state index contributed by atoms with van der Waals surface area (Å²) >= 11 is 0. The van der Waals surface area contributed by atoms with Crippen LogP contribution in [-0.2, 0) is 14.7 Å². The second-order valence-corrected chi connectivity index (χ2v) is 12.5. The third-order valence-electron chi connectivity index (χ3n) is 9.49. The summed E-state index contributed by atoms with van der Waals surface area (Å²) in [6.45, 7) is 13.2. The van der Waals surface area contributed by atoms with Gasteiger partial charge in [0, 0.05) is 32.8 Å². The number of hydrogen-bond acceptors (Lipinski definition) is 2. The summed E-state index contributed by atoms with van der Waals surface area (Å²) < 4.78 is 15.4. The largest absolute Gasteiger partial charge is 0.494 e. The molecule has 37 heavy (non-hydrogen) atoms. The summed E-state index contributed by atoms with van der Waals surface area (Å²) in [6, 6.07) is 26.9. The van der Waals surface area contributed by atoms with E-state index >= 15 is 0 Å². The molecule has 0 saturated carbocycles. The lowest BCUT2D eigenvalue weighted by Gasteiger charge is -2.32. The minimum atomic E-state index is -0.364. The van der Waals surface area contributed by atoms with Crippen LogP contribution in [0.15, 0.2) is 72.8 Å². The molecule has 182 valence electrons. The number of rotatable bonds is 1. The molecule has 1 aliphatic carbocycles. The molecular weight excluding hydrogens is 453 g/mol.